The highest BCUT2D eigenvalue weighted by atomic mass is 35.5. The van der Waals surface area contributed by atoms with E-state index < -0.39 is 10.0 Å². The summed E-state index contributed by atoms with van der Waals surface area (Å²) in [5.74, 6) is 0.842. The van der Waals surface area contributed by atoms with Crippen LogP contribution >= 0.6 is 11.6 Å². The molecule has 1 aliphatic heterocycles. The Kier molecular flexibility index (Phi) is 8.38. The number of aromatic nitrogens is 2. The number of aryl methyl sites for hydroxylation is 2. The van der Waals surface area contributed by atoms with Crippen LogP contribution < -0.4 is 5.32 Å². The van der Waals surface area contributed by atoms with E-state index in [1.54, 1.807) is 22.6 Å². The molecular formula is C26H31ClN4O3S. The maximum Gasteiger partial charge on any atom is 0.211 e. The van der Waals surface area contributed by atoms with Crippen molar-refractivity contribution in [2.24, 2.45) is 0 Å². The largest absolute Gasteiger partial charge is 0.506 e. The van der Waals surface area contributed by atoms with Gasteiger partial charge in [0.05, 0.1) is 17.0 Å². The number of phenolic OH excluding ortho intramolecular Hbond substituents is 1. The lowest BCUT2D eigenvalue weighted by molar-refractivity contribution is 0.258. The molecule has 0 saturated carbocycles. The van der Waals surface area contributed by atoms with Crippen molar-refractivity contribution < 1.29 is 13.5 Å². The number of halogens is 1. The number of hydrogen-bond donors (Lipinski definition) is 2. The van der Waals surface area contributed by atoms with E-state index in [0.29, 0.717) is 18.0 Å². The van der Waals surface area contributed by atoms with E-state index in [9.17, 15) is 13.5 Å². The van der Waals surface area contributed by atoms with Crippen molar-refractivity contribution in [3.63, 3.8) is 0 Å². The second kappa shape index (κ2) is 11.5. The number of phenols is 1. The molecular weight excluding hydrogens is 484 g/mol. The quantitative estimate of drug-likeness (QED) is 0.444. The third kappa shape index (κ3) is 7.01. The van der Waals surface area contributed by atoms with E-state index in [1.807, 2.05) is 36.4 Å². The van der Waals surface area contributed by atoms with E-state index in [0.717, 1.165) is 67.0 Å². The minimum Gasteiger partial charge on any atom is -0.506 e. The van der Waals surface area contributed by atoms with Crippen LogP contribution in [0.2, 0.25) is 5.02 Å². The molecule has 1 fully saturated rings. The maximum atomic E-state index is 12.5. The summed E-state index contributed by atoms with van der Waals surface area (Å²) < 4.78 is 26.7. The molecule has 0 atom stereocenters. The fraction of sp³-hybridized carbons (Fsp3) is 0.385. The lowest BCUT2D eigenvalue weighted by Gasteiger charge is -2.32. The Labute approximate surface area is 212 Å². The van der Waals surface area contributed by atoms with Crippen LogP contribution in [-0.2, 0) is 29.4 Å². The number of benzene rings is 2. The molecule has 0 unspecified atom stereocenters. The number of sulfonamides is 1. The van der Waals surface area contributed by atoms with Crippen LogP contribution in [0.1, 0.15) is 36.2 Å². The first-order chi connectivity index (χ1) is 16.8. The van der Waals surface area contributed by atoms with Gasteiger partial charge in [-0.15, -0.1) is 0 Å². The SMILES string of the molecule is CS(=O)(=O)N(Cc1cccc(-c2ccnc(CCCc3ccc(O)c(Cl)c3)n2)c1)C1CCNCC1. The molecule has 0 aliphatic carbocycles. The number of nitrogens with one attached hydrogen (secondary N) is 1. The third-order valence-electron chi connectivity index (χ3n) is 6.29. The van der Waals surface area contributed by atoms with Gasteiger partial charge in [0, 0.05) is 30.8 Å². The molecule has 0 radical (unpaired) electrons. The van der Waals surface area contributed by atoms with Crippen molar-refractivity contribution in [1.82, 2.24) is 19.6 Å². The predicted octanol–water partition coefficient (Wildman–Crippen LogP) is 4.19. The summed E-state index contributed by atoms with van der Waals surface area (Å²) >= 11 is 6.00. The van der Waals surface area contributed by atoms with Gasteiger partial charge in [-0.05, 0) is 74.2 Å². The summed E-state index contributed by atoms with van der Waals surface area (Å²) in [6.07, 6.45) is 7.06. The molecule has 1 aromatic heterocycles. The summed E-state index contributed by atoms with van der Waals surface area (Å²) in [6, 6.07) is 15.1. The number of piperidine rings is 1. The Morgan fingerprint density at radius 1 is 1.09 bits per heavy atom. The summed E-state index contributed by atoms with van der Waals surface area (Å²) in [4.78, 5) is 9.17. The average Bonchev–Trinajstić information content (AvgIpc) is 2.85. The zero-order chi connectivity index (χ0) is 24.8. The first-order valence-corrected chi connectivity index (χ1v) is 14.1. The first-order valence-electron chi connectivity index (χ1n) is 11.9. The molecule has 9 heteroatoms. The van der Waals surface area contributed by atoms with E-state index in [2.05, 4.69) is 10.3 Å². The van der Waals surface area contributed by atoms with Gasteiger partial charge in [-0.3, -0.25) is 0 Å². The fourth-order valence-corrected chi connectivity index (χ4v) is 5.80. The number of aromatic hydroxyl groups is 1. The molecule has 1 aliphatic rings. The normalized spacial score (nSPS) is 14.9. The van der Waals surface area contributed by atoms with Crippen molar-refractivity contribution in [1.29, 1.82) is 0 Å². The number of hydrogen-bond acceptors (Lipinski definition) is 6. The molecule has 7 nitrogen and oxygen atoms in total. The standard InChI is InChI=1S/C26H31ClN4O3S/c1-35(33,34)31(22-10-13-28-14-11-22)18-20-5-2-6-21(16-20)24-12-15-29-26(30-24)7-3-4-19-8-9-25(32)23(27)17-19/h2,5-6,8-9,12,15-17,22,28,32H,3-4,7,10-11,13-14,18H2,1H3. The van der Waals surface area contributed by atoms with E-state index >= 15 is 0 Å². The van der Waals surface area contributed by atoms with Crippen molar-refractivity contribution in [2.45, 2.75) is 44.7 Å². The van der Waals surface area contributed by atoms with Gasteiger partial charge in [0.1, 0.15) is 11.6 Å². The van der Waals surface area contributed by atoms with Crippen molar-refractivity contribution >= 4 is 21.6 Å². The molecule has 35 heavy (non-hydrogen) atoms. The van der Waals surface area contributed by atoms with Gasteiger partial charge in [-0.2, -0.15) is 4.31 Å². The van der Waals surface area contributed by atoms with E-state index in [-0.39, 0.29) is 11.8 Å². The lowest BCUT2D eigenvalue weighted by Crippen LogP contribution is -2.45. The Hall–Kier alpha value is -2.52. The summed E-state index contributed by atoms with van der Waals surface area (Å²) in [5.41, 5.74) is 3.75. The van der Waals surface area contributed by atoms with Gasteiger partial charge in [-0.25, -0.2) is 18.4 Å². The van der Waals surface area contributed by atoms with E-state index in [1.165, 1.54) is 6.26 Å². The van der Waals surface area contributed by atoms with E-state index in [4.69, 9.17) is 16.6 Å². The van der Waals surface area contributed by atoms with Crippen LogP contribution in [0.3, 0.4) is 0 Å². The van der Waals surface area contributed by atoms with Crippen LogP contribution in [-0.4, -0.2) is 53.2 Å². The second-order valence-corrected chi connectivity index (χ2v) is 11.3. The van der Waals surface area contributed by atoms with Crippen LogP contribution in [0, 0.1) is 0 Å². The maximum absolute atomic E-state index is 12.5. The molecule has 0 amide bonds. The topological polar surface area (TPSA) is 95.4 Å². The Morgan fingerprint density at radius 3 is 2.63 bits per heavy atom. The molecule has 186 valence electrons. The van der Waals surface area contributed by atoms with Gasteiger partial charge < -0.3 is 10.4 Å². The van der Waals surface area contributed by atoms with Crippen LogP contribution in [0.25, 0.3) is 11.3 Å². The molecule has 0 bridgehead atoms. The average molecular weight is 515 g/mol. The zero-order valence-corrected chi connectivity index (χ0v) is 21.4. The zero-order valence-electron chi connectivity index (χ0n) is 19.8. The Balaban J connectivity index is 1.44. The number of nitrogens with zero attached hydrogens (tertiary/aromatic N) is 3. The predicted molar refractivity (Wildman–Crippen MR) is 139 cm³/mol. The highest BCUT2D eigenvalue weighted by Crippen LogP contribution is 2.25. The highest BCUT2D eigenvalue weighted by Gasteiger charge is 2.28. The van der Waals surface area contributed by atoms with Crippen LogP contribution in [0.15, 0.2) is 54.7 Å². The minimum atomic E-state index is -3.33. The Bertz CT molecular complexity index is 1260. The van der Waals surface area contributed by atoms with Crippen LogP contribution in [0.4, 0.5) is 0 Å². The third-order valence-corrected chi connectivity index (χ3v) is 7.87. The van der Waals surface area contributed by atoms with Gasteiger partial charge in [-0.1, -0.05) is 35.9 Å². The molecule has 3 aromatic rings. The summed E-state index contributed by atoms with van der Waals surface area (Å²) in [6.45, 7) is 2.02. The van der Waals surface area contributed by atoms with Gasteiger partial charge in [0.15, 0.2) is 0 Å². The molecule has 0 spiro atoms. The van der Waals surface area contributed by atoms with Crippen LogP contribution in [0.5, 0.6) is 5.75 Å². The lowest BCUT2D eigenvalue weighted by atomic mass is 10.0. The first kappa shape index (κ1) is 25.6. The summed E-state index contributed by atoms with van der Waals surface area (Å²) in [7, 11) is -3.33. The fourth-order valence-electron chi connectivity index (χ4n) is 4.46. The van der Waals surface area contributed by atoms with Gasteiger partial charge >= 0.3 is 0 Å². The van der Waals surface area contributed by atoms with Crippen molar-refractivity contribution in [3.05, 3.63) is 76.7 Å². The second-order valence-electron chi connectivity index (χ2n) is 8.99. The minimum absolute atomic E-state index is 0.0176. The van der Waals surface area contributed by atoms with Crippen molar-refractivity contribution in [3.8, 4) is 17.0 Å². The van der Waals surface area contributed by atoms with Gasteiger partial charge in [0.2, 0.25) is 10.0 Å². The molecule has 2 heterocycles. The molecule has 1 saturated heterocycles. The number of rotatable bonds is 9. The molecule has 2 N–H and O–H groups in total. The Morgan fingerprint density at radius 2 is 1.89 bits per heavy atom. The van der Waals surface area contributed by atoms with Gasteiger partial charge in [0.25, 0.3) is 0 Å². The molecule has 2 aromatic carbocycles. The summed E-state index contributed by atoms with van der Waals surface area (Å²) in [5, 5.41) is 13.2. The molecule has 4 rings (SSSR count). The van der Waals surface area contributed by atoms with Crippen molar-refractivity contribution in [2.75, 3.05) is 19.3 Å². The smallest absolute Gasteiger partial charge is 0.211 e. The monoisotopic (exact) mass is 514 g/mol. The highest BCUT2D eigenvalue weighted by molar-refractivity contribution is 7.88.